The summed E-state index contributed by atoms with van der Waals surface area (Å²) in [6.07, 6.45) is 2.18. The summed E-state index contributed by atoms with van der Waals surface area (Å²) in [4.78, 5) is 11.2. The van der Waals surface area contributed by atoms with Crippen molar-refractivity contribution < 1.29 is 19.4 Å². The maximum atomic E-state index is 11.2. The van der Waals surface area contributed by atoms with Gasteiger partial charge in [-0.2, -0.15) is 0 Å². The third-order valence-electron chi connectivity index (χ3n) is 3.24. The normalized spacial score (nSPS) is 10.3. The van der Waals surface area contributed by atoms with E-state index in [0.717, 1.165) is 18.6 Å². The molecule has 0 heterocycles. The number of carbonyl (C=O) groups is 1. The molecule has 0 amide bonds. The highest BCUT2D eigenvalue weighted by atomic mass is 79.9. The van der Waals surface area contributed by atoms with Gasteiger partial charge in [-0.25, -0.2) is 4.79 Å². The van der Waals surface area contributed by atoms with E-state index < -0.39 is 5.97 Å². The van der Waals surface area contributed by atoms with Crippen LogP contribution in [0.1, 0.15) is 29.3 Å². The van der Waals surface area contributed by atoms with Gasteiger partial charge in [0.2, 0.25) is 0 Å². The molecule has 2 aromatic carbocycles. The minimum atomic E-state index is -1.02. The molecule has 0 bridgehead atoms. The zero-order valence-electron chi connectivity index (χ0n) is 12.9. The molecule has 0 aliphatic rings. The van der Waals surface area contributed by atoms with Crippen molar-refractivity contribution in [3.05, 3.63) is 58.1 Å². The number of halogens is 1. The number of aryl methyl sites for hydroxylation is 1. The van der Waals surface area contributed by atoms with Gasteiger partial charge in [-0.15, -0.1) is 0 Å². The first-order valence-electron chi connectivity index (χ1n) is 7.47. The van der Waals surface area contributed by atoms with Crippen molar-refractivity contribution in [2.75, 3.05) is 13.2 Å². The van der Waals surface area contributed by atoms with Crippen LogP contribution in [0, 0.1) is 0 Å². The summed E-state index contributed by atoms with van der Waals surface area (Å²) < 4.78 is 11.8. The molecule has 0 aromatic heterocycles. The van der Waals surface area contributed by atoms with E-state index in [1.54, 1.807) is 12.1 Å². The zero-order chi connectivity index (χ0) is 16.7. The first-order valence-corrected chi connectivity index (χ1v) is 8.27. The number of carboxylic acids is 1. The van der Waals surface area contributed by atoms with Crippen LogP contribution in [0.2, 0.25) is 0 Å². The van der Waals surface area contributed by atoms with E-state index >= 15 is 0 Å². The van der Waals surface area contributed by atoms with Gasteiger partial charge in [0.15, 0.2) is 0 Å². The van der Waals surface area contributed by atoms with Crippen molar-refractivity contribution >= 4 is 21.9 Å². The van der Waals surface area contributed by atoms with Crippen LogP contribution in [0.5, 0.6) is 11.5 Å². The lowest BCUT2D eigenvalue weighted by molar-refractivity contribution is 0.0691. The zero-order valence-corrected chi connectivity index (χ0v) is 14.5. The minimum absolute atomic E-state index is 0.128. The highest BCUT2D eigenvalue weighted by Gasteiger charge is 2.11. The van der Waals surface area contributed by atoms with E-state index in [1.807, 2.05) is 12.1 Å². The second kappa shape index (κ2) is 8.58. The molecule has 0 fully saturated rings. The summed E-state index contributed by atoms with van der Waals surface area (Å²) in [7, 11) is 0. The van der Waals surface area contributed by atoms with Crippen molar-refractivity contribution in [2.24, 2.45) is 0 Å². The number of aromatic carboxylic acids is 1. The lowest BCUT2D eigenvalue weighted by Gasteiger charge is -2.11. The summed E-state index contributed by atoms with van der Waals surface area (Å²) in [6, 6.07) is 12.9. The molecule has 122 valence electrons. The molecule has 0 aliphatic heterocycles. The fraction of sp³-hybridized carbons (Fsp3) is 0.278. The quantitative estimate of drug-likeness (QED) is 0.684. The van der Waals surface area contributed by atoms with Crippen LogP contribution in [-0.4, -0.2) is 24.3 Å². The number of carboxylic acid groups (broad SMARTS) is 1. The second-order valence-corrected chi connectivity index (χ2v) is 5.95. The summed E-state index contributed by atoms with van der Waals surface area (Å²) in [5.41, 5.74) is 1.42. The molecule has 0 radical (unpaired) electrons. The van der Waals surface area contributed by atoms with Gasteiger partial charge in [-0.05, 0) is 42.3 Å². The topological polar surface area (TPSA) is 55.8 Å². The van der Waals surface area contributed by atoms with Crippen molar-refractivity contribution in [2.45, 2.75) is 19.8 Å². The minimum Gasteiger partial charge on any atom is -0.490 e. The van der Waals surface area contributed by atoms with Gasteiger partial charge >= 0.3 is 5.97 Å². The second-order valence-electron chi connectivity index (χ2n) is 5.04. The predicted octanol–water partition coefficient (Wildman–Crippen LogP) is 4.56. The maximum absolute atomic E-state index is 11.2. The van der Waals surface area contributed by atoms with Crippen molar-refractivity contribution in [3.63, 3.8) is 0 Å². The molecule has 0 aliphatic carbocycles. The Morgan fingerprint density at radius 3 is 2.43 bits per heavy atom. The SMILES string of the molecule is CCCc1ccc(OCCOc2ccc(Br)cc2C(=O)O)cc1. The average molecular weight is 379 g/mol. The monoisotopic (exact) mass is 378 g/mol. The van der Waals surface area contributed by atoms with Gasteiger partial charge < -0.3 is 14.6 Å². The van der Waals surface area contributed by atoms with Gasteiger partial charge in [0.25, 0.3) is 0 Å². The molecule has 23 heavy (non-hydrogen) atoms. The Bertz CT molecular complexity index is 653. The van der Waals surface area contributed by atoms with Crippen LogP contribution in [-0.2, 0) is 6.42 Å². The van der Waals surface area contributed by atoms with Gasteiger partial charge in [-0.1, -0.05) is 41.4 Å². The molecule has 0 saturated carbocycles. The first kappa shape index (κ1) is 17.3. The largest absolute Gasteiger partial charge is 0.490 e. The Morgan fingerprint density at radius 2 is 1.78 bits per heavy atom. The van der Waals surface area contributed by atoms with Crippen LogP contribution >= 0.6 is 15.9 Å². The van der Waals surface area contributed by atoms with Crippen LogP contribution < -0.4 is 9.47 Å². The lowest BCUT2D eigenvalue weighted by atomic mass is 10.1. The summed E-state index contributed by atoms with van der Waals surface area (Å²) >= 11 is 3.25. The van der Waals surface area contributed by atoms with E-state index in [2.05, 4.69) is 35.0 Å². The van der Waals surface area contributed by atoms with Crippen molar-refractivity contribution in [1.29, 1.82) is 0 Å². The smallest absolute Gasteiger partial charge is 0.339 e. The maximum Gasteiger partial charge on any atom is 0.339 e. The van der Waals surface area contributed by atoms with E-state index in [1.165, 1.54) is 11.6 Å². The Hall–Kier alpha value is -2.01. The molecule has 0 unspecified atom stereocenters. The van der Waals surface area contributed by atoms with Crippen LogP contribution in [0.25, 0.3) is 0 Å². The number of ether oxygens (including phenoxy) is 2. The molecule has 0 saturated heterocycles. The molecule has 2 rings (SSSR count). The lowest BCUT2D eigenvalue weighted by Crippen LogP contribution is -2.11. The van der Waals surface area contributed by atoms with Crippen LogP contribution in [0.15, 0.2) is 46.9 Å². The Balaban J connectivity index is 1.84. The molecule has 1 N–H and O–H groups in total. The molecule has 0 atom stereocenters. The van der Waals surface area contributed by atoms with Gasteiger partial charge in [-0.3, -0.25) is 0 Å². The highest BCUT2D eigenvalue weighted by Crippen LogP contribution is 2.23. The molecular formula is C18H19BrO4. The Labute approximate surface area is 144 Å². The van der Waals surface area contributed by atoms with Gasteiger partial charge in [0.05, 0.1) is 0 Å². The standard InChI is InChI=1S/C18H19BrO4/c1-2-3-13-4-7-15(8-5-13)22-10-11-23-17-9-6-14(19)12-16(17)18(20)21/h4-9,12H,2-3,10-11H2,1H3,(H,20,21). The molecule has 0 spiro atoms. The Morgan fingerprint density at radius 1 is 1.09 bits per heavy atom. The summed E-state index contributed by atoms with van der Waals surface area (Å²) in [5.74, 6) is 0.0963. The fourth-order valence-electron chi connectivity index (χ4n) is 2.15. The van der Waals surface area contributed by atoms with E-state index in [9.17, 15) is 4.79 Å². The van der Waals surface area contributed by atoms with E-state index in [0.29, 0.717) is 16.8 Å². The van der Waals surface area contributed by atoms with Crippen LogP contribution in [0.4, 0.5) is 0 Å². The summed E-state index contributed by atoms with van der Waals surface area (Å²) in [6.45, 7) is 2.77. The number of hydrogen-bond donors (Lipinski definition) is 1. The third-order valence-corrected chi connectivity index (χ3v) is 3.74. The number of benzene rings is 2. The predicted molar refractivity (Wildman–Crippen MR) is 92.5 cm³/mol. The average Bonchev–Trinajstić information content (AvgIpc) is 2.54. The first-order chi connectivity index (χ1) is 11.1. The molecule has 2 aromatic rings. The van der Waals surface area contributed by atoms with Crippen molar-refractivity contribution in [3.8, 4) is 11.5 Å². The van der Waals surface area contributed by atoms with Gasteiger partial charge in [0.1, 0.15) is 30.3 Å². The Kier molecular flexibility index (Phi) is 6.47. The summed E-state index contributed by atoms with van der Waals surface area (Å²) in [5, 5.41) is 9.16. The van der Waals surface area contributed by atoms with E-state index in [-0.39, 0.29) is 12.2 Å². The van der Waals surface area contributed by atoms with Crippen LogP contribution in [0.3, 0.4) is 0 Å². The van der Waals surface area contributed by atoms with Crippen molar-refractivity contribution in [1.82, 2.24) is 0 Å². The molecule has 5 heteroatoms. The highest BCUT2D eigenvalue weighted by molar-refractivity contribution is 9.10. The number of rotatable bonds is 8. The fourth-order valence-corrected chi connectivity index (χ4v) is 2.51. The van der Waals surface area contributed by atoms with Gasteiger partial charge in [0, 0.05) is 4.47 Å². The molecular weight excluding hydrogens is 360 g/mol. The van der Waals surface area contributed by atoms with E-state index in [4.69, 9.17) is 14.6 Å². The third kappa shape index (κ3) is 5.28. The molecule has 4 nitrogen and oxygen atoms in total. The number of hydrogen-bond acceptors (Lipinski definition) is 3.